The third-order valence-electron chi connectivity index (χ3n) is 2.87. The van der Waals surface area contributed by atoms with E-state index in [2.05, 4.69) is 0 Å². The van der Waals surface area contributed by atoms with E-state index in [0.29, 0.717) is 23.5 Å². The molecule has 1 aromatic rings. The van der Waals surface area contributed by atoms with E-state index in [1.165, 1.54) is 14.2 Å². The number of Topliss-reactive ketones (excluding diaryl/α,β-unsaturated/α-hetero) is 2. The second-order valence-electron chi connectivity index (χ2n) is 4.31. The molecule has 0 aliphatic carbocycles. The summed E-state index contributed by atoms with van der Waals surface area (Å²) in [5.41, 5.74) is 0.475. The summed E-state index contributed by atoms with van der Waals surface area (Å²) in [4.78, 5) is 23.6. The predicted octanol–water partition coefficient (Wildman–Crippen LogP) is 3.04. The molecule has 0 heterocycles. The van der Waals surface area contributed by atoms with Crippen molar-refractivity contribution in [3.05, 3.63) is 23.8 Å². The molecular formula is C15H20O4. The molecule has 0 fully saturated rings. The molecular weight excluding hydrogens is 244 g/mol. The van der Waals surface area contributed by atoms with Gasteiger partial charge in [0.25, 0.3) is 0 Å². The summed E-state index contributed by atoms with van der Waals surface area (Å²) in [5.74, 6) is 0.870. The number of hydrogen-bond acceptors (Lipinski definition) is 4. The minimum absolute atomic E-state index is 0.0124. The molecule has 0 saturated carbocycles. The molecule has 1 aromatic carbocycles. The smallest absolute Gasteiger partial charge is 0.170 e. The van der Waals surface area contributed by atoms with Gasteiger partial charge >= 0.3 is 0 Å². The first kappa shape index (κ1) is 15.2. The van der Waals surface area contributed by atoms with Crippen molar-refractivity contribution in [2.24, 2.45) is 0 Å². The molecule has 0 saturated heterocycles. The van der Waals surface area contributed by atoms with Crippen LogP contribution >= 0.6 is 0 Å². The van der Waals surface area contributed by atoms with Gasteiger partial charge in [-0.25, -0.2) is 0 Å². The van der Waals surface area contributed by atoms with Crippen LogP contribution in [0, 0.1) is 0 Å². The Hall–Kier alpha value is -1.84. The normalized spacial score (nSPS) is 10.1. The summed E-state index contributed by atoms with van der Waals surface area (Å²) in [6.07, 6.45) is 2.21. The van der Waals surface area contributed by atoms with Gasteiger partial charge in [-0.2, -0.15) is 0 Å². The Kier molecular flexibility index (Phi) is 6.06. The van der Waals surface area contributed by atoms with Crippen LogP contribution in [0.15, 0.2) is 18.2 Å². The summed E-state index contributed by atoms with van der Waals surface area (Å²) < 4.78 is 10.2. The van der Waals surface area contributed by atoms with Crippen LogP contribution in [-0.2, 0) is 4.79 Å². The van der Waals surface area contributed by atoms with Crippen molar-refractivity contribution in [3.8, 4) is 11.5 Å². The Bertz CT molecular complexity index is 451. The summed E-state index contributed by atoms with van der Waals surface area (Å²) in [6, 6.07) is 4.92. The molecule has 0 bridgehead atoms. The van der Waals surface area contributed by atoms with Crippen molar-refractivity contribution >= 4 is 11.6 Å². The van der Waals surface area contributed by atoms with Gasteiger partial charge in [-0.3, -0.25) is 9.59 Å². The quantitative estimate of drug-likeness (QED) is 0.535. The number of ketones is 2. The maximum atomic E-state index is 12.0. The molecule has 4 nitrogen and oxygen atoms in total. The van der Waals surface area contributed by atoms with Crippen LogP contribution < -0.4 is 9.47 Å². The molecule has 4 heteroatoms. The first-order valence-electron chi connectivity index (χ1n) is 6.39. The second kappa shape index (κ2) is 7.56. The van der Waals surface area contributed by atoms with E-state index in [1.54, 1.807) is 18.2 Å². The van der Waals surface area contributed by atoms with E-state index in [4.69, 9.17) is 9.47 Å². The highest BCUT2D eigenvalue weighted by Gasteiger charge is 2.14. The van der Waals surface area contributed by atoms with E-state index in [9.17, 15) is 9.59 Å². The minimum Gasteiger partial charge on any atom is -0.493 e. The standard InChI is InChI=1S/C15H20O4/c1-4-5-6-12(16)10-13(17)11-7-8-14(18-2)15(9-11)19-3/h7-9H,4-6,10H2,1-3H3. The van der Waals surface area contributed by atoms with Gasteiger partial charge in [-0.1, -0.05) is 13.3 Å². The van der Waals surface area contributed by atoms with Crippen LogP contribution in [0.25, 0.3) is 0 Å². The van der Waals surface area contributed by atoms with E-state index < -0.39 is 0 Å². The topological polar surface area (TPSA) is 52.6 Å². The van der Waals surface area contributed by atoms with Crippen molar-refractivity contribution in [2.75, 3.05) is 14.2 Å². The van der Waals surface area contributed by atoms with E-state index >= 15 is 0 Å². The Morgan fingerprint density at radius 2 is 1.79 bits per heavy atom. The van der Waals surface area contributed by atoms with Gasteiger partial charge in [0, 0.05) is 12.0 Å². The largest absolute Gasteiger partial charge is 0.493 e. The van der Waals surface area contributed by atoms with Gasteiger partial charge in [0.2, 0.25) is 0 Å². The zero-order valence-electron chi connectivity index (χ0n) is 11.7. The zero-order chi connectivity index (χ0) is 14.3. The Labute approximate surface area is 113 Å². The third kappa shape index (κ3) is 4.39. The Morgan fingerprint density at radius 3 is 2.37 bits per heavy atom. The van der Waals surface area contributed by atoms with Crippen LogP contribution in [0.1, 0.15) is 43.0 Å². The van der Waals surface area contributed by atoms with Crippen LogP contribution in [0.5, 0.6) is 11.5 Å². The molecule has 0 aromatic heterocycles. The van der Waals surface area contributed by atoms with Crippen molar-refractivity contribution in [3.63, 3.8) is 0 Å². The molecule has 0 amide bonds. The summed E-state index contributed by atoms with van der Waals surface area (Å²) >= 11 is 0. The number of benzene rings is 1. The SMILES string of the molecule is CCCCC(=O)CC(=O)c1ccc(OC)c(OC)c1. The number of unbranched alkanes of at least 4 members (excludes halogenated alkanes) is 1. The van der Waals surface area contributed by atoms with Crippen LogP contribution in [0.3, 0.4) is 0 Å². The Balaban J connectivity index is 2.74. The molecule has 19 heavy (non-hydrogen) atoms. The number of hydrogen-bond donors (Lipinski definition) is 0. The van der Waals surface area contributed by atoms with E-state index in [1.807, 2.05) is 6.92 Å². The van der Waals surface area contributed by atoms with Crippen molar-refractivity contribution in [2.45, 2.75) is 32.6 Å². The fourth-order valence-electron chi connectivity index (χ4n) is 1.75. The molecule has 0 unspecified atom stereocenters. The van der Waals surface area contributed by atoms with E-state index in [-0.39, 0.29) is 18.0 Å². The maximum absolute atomic E-state index is 12.0. The molecule has 0 radical (unpaired) electrons. The minimum atomic E-state index is -0.179. The van der Waals surface area contributed by atoms with Crippen LogP contribution in [-0.4, -0.2) is 25.8 Å². The number of carbonyl (C=O) groups excluding carboxylic acids is 2. The highest BCUT2D eigenvalue weighted by atomic mass is 16.5. The number of ether oxygens (including phenoxy) is 2. The molecule has 0 spiro atoms. The predicted molar refractivity (Wildman–Crippen MR) is 73.0 cm³/mol. The molecule has 0 aliphatic rings. The van der Waals surface area contributed by atoms with Gasteiger partial charge in [-0.15, -0.1) is 0 Å². The van der Waals surface area contributed by atoms with Crippen molar-refractivity contribution in [1.29, 1.82) is 0 Å². The maximum Gasteiger partial charge on any atom is 0.170 e. The molecule has 1 rings (SSSR count). The number of rotatable bonds is 8. The molecule has 104 valence electrons. The monoisotopic (exact) mass is 264 g/mol. The average molecular weight is 264 g/mol. The number of methoxy groups -OCH3 is 2. The van der Waals surface area contributed by atoms with Gasteiger partial charge in [-0.05, 0) is 24.6 Å². The zero-order valence-corrected chi connectivity index (χ0v) is 11.7. The van der Waals surface area contributed by atoms with Crippen molar-refractivity contribution < 1.29 is 19.1 Å². The lowest BCUT2D eigenvalue weighted by molar-refractivity contribution is -0.118. The highest BCUT2D eigenvalue weighted by molar-refractivity contribution is 6.08. The van der Waals surface area contributed by atoms with Gasteiger partial charge in [0.05, 0.1) is 20.6 Å². The lowest BCUT2D eigenvalue weighted by Crippen LogP contribution is -2.08. The third-order valence-corrected chi connectivity index (χ3v) is 2.87. The first-order valence-corrected chi connectivity index (χ1v) is 6.39. The molecule has 0 N–H and O–H groups in total. The summed E-state index contributed by atoms with van der Waals surface area (Å²) in [6.45, 7) is 2.02. The lowest BCUT2D eigenvalue weighted by Gasteiger charge is -2.08. The fourth-order valence-corrected chi connectivity index (χ4v) is 1.75. The highest BCUT2D eigenvalue weighted by Crippen LogP contribution is 2.28. The first-order chi connectivity index (χ1) is 9.12. The van der Waals surface area contributed by atoms with Gasteiger partial charge in [0.1, 0.15) is 5.78 Å². The van der Waals surface area contributed by atoms with Gasteiger partial charge < -0.3 is 9.47 Å². The molecule has 0 atom stereocenters. The summed E-state index contributed by atoms with van der Waals surface area (Å²) in [5, 5.41) is 0. The second-order valence-corrected chi connectivity index (χ2v) is 4.31. The fraction of sp³-hybridized carbons (Fsp3) is 0.467. The Morgan fingerprint density at radius 1 is 1.11 bits per heavy atom. The van der Waals surface area contributed by atoms with Gasteiger partial charge in [0.15, 0.2) is 17.3 Å². The lowest BCUT2D eigenvalue weighted by atomic mass is 10.0. The average Bonchev–Trinajstić information content (AvgIpc) is 2.44. The molecule has 0 aliphatic heterocycles. The number of carbonyl (C=O) groups is 2. The van der Waals surface area contributed by atoms with Crippen LogP contribution in [0.4, 0.5) is 0 Å². The van der Waals surface area contributed by atoms with E-state index in [0.717, 1.165) is 12.8 Å². The van der Waals surface area contributed by atoms with Crippen LogP contribution in [0.2, 0.25) is 0 Å². The summed E-state index contributed by atoms with van der Waals surface area (Å²) in [7, 11) is 3.05. The van der Waals surface area contributed by atoms with Crippen molar-refractivity contribution in [1.82, 2.24) is 0 Å².